The third-order valence-corrected chi connectivity index (χ3v) is 3.51. The van der Waals surface area contributed by atoms with Crippen LogP contribution in [0.1, 0.15) is 24.0 Å². The van der Waals surface area contributed by atoms with Gasteiger partial charge in [0.15, 0.2) is 5.75 Å². The molecule has 21 heavy (non-hydrogen) atoms. The lowest BCUT2D eigenvalue weighted by Crippen LogP contribution is -1.97. The van der Waals surface area contributed by atoms with Crippen LogP contribution in [0.2, 0.25) is 0 Å². The average molecular weight is 287 g/mol. The maximum Gasteiger partial charge on any atom is 0.151 e. The molecule has 0 heterocycles. The zero-order valence-corrected chi connectivity index (χ0v) is 12.2. The number of nitroso groups, excluding NO2 is 1. The third kappa shape index (κ3) is 2.97. The van der Waals surface area contributed by atoms with Gasteiger partial charge in [-0.2, -0.15) is 0 Å². The first-order valence-electron chi connectivity index (χ1n) is 6.49. The van der Waals surface area contributed by atoms with Crippen LogP contribution in [0.25, 0.3) is 0 Å². The Balaban J connectivity index is 2.41. The van der Waals surface area contributed by atoms with Crippen LogP contribution in [-0.4, -0.2) is 19.3 Å². The van der Waals surface area contributed by atoms with E-state index in [0.717, 1.165) is 11.3 Å². The molecule has 2 aromatic carbocycles. The summed E-state index contributed by atoms with van der Waals surface area (Å²) in [7, 11) is 3.03. The van der Waals surface area contributed by atoms with Gasteiger partial charge >= 0.3 is 0 Å². The number of phenolic OH excluding ortho intramolecular Hbond substituents is 1. The van der Waals surface area contributed by atoms with Gasteiger partial charge in [0.05, 0.1) is 14.2 Å². The highest BCUT2D eigenvalue weighted by Crippen LogP contribution is 2.39. The van der Waals surface area contributed by atoms with Crippen molar-refractivity contribution in [2.75, 3.05) is 14.2 Å². The van der Waals surface area contributed by atoms with Crippen LogP contribution >= 0.6 is 0 Å². The van der Waals surface area contributed by atoms with E-state index in [9.17, 15) is 10.0 Å². The molecule has 0 aliphatic rings. The van der Waals surface area contributed by atoms with Gasteiger partial charge in [-0.25, -0.2) is 0 Å². The summed E-state index contributed by atoms with van der Waals surface area (Å²) in [6, 6.07) is 10.5. The smallest absolute Gasteiger partial charge is 0.151 e. The number of aromatic hydroxyl groups is 1. The van der Waals surface area contributed by atoms with Gasteiger partial charge in [-0.1, -0.05) is 19.1 Å². The average Bonchev–Trinajstić information content (AvgIpc) is 2.54. The summed E-state index contributed by atoms with van der Waals surface area (Å²) < 4.78 is 10.1. The Kier molecular flexibility index (Phi) is 4.42. The van der Waals surface area contributed by atoms with Gasteiger partial charge in [0, 0.05) is 17.5 Å². The standard InChI is InChI=1S/C16H17NO4/c1-10(11-4-6-12(20-2)7-5-11)13-8-14(17-19)16(21-3)9-15(13)18/h4-10,18H,1-3H3/t10-/m1/s1. The Bertz CT molecular complexity index is 637. The summed E-state index contributed by atoms with van der Waals surface area (Å²) in [6.07, 6.45) is 0. The Morgan fingerprint density at radius 3 is 2.29 bits per heavy atom. The predicted octanol–water partition coefficient (Wildman–Crippen LogP) is 3.96. The molecule has 110 valence electrons. The summed E-state index contributed by atoms with van der Waals surface area (Å²) >= 11 is 0. The first kappa shape index (κ1) is 14.8. The molecule has 0 saturated carbocycles. The summed E-state index contributed by atoms with van der Waals surface area (Å²) in [5.41, 5.74) is 1.79. The van der Waals surface area contributed by atoms with Gasteiger partial charge < -0.3 is 14.6 Å². The lowest BCUT2D eigenvalue weighted by molar-refractivity contribution is 0.407. The maximum atomic E-state index is 10.9. The highest BCUT2D eigenvalue weighted by molar-refractivity contribution is 5.60. The summed E-state index contributed by atoms with van der Waals surface area (Å²) in [5, 5.41) is 13.1. The predicted molar refractivity (Wildman–Crippen MR) is 80.6 cm³/mol. The van der Waals surface area contributed by atoms with Crippen LogP contribution in [0.15, 0.2) is 41.6 Å². The van der Waals surface area contributed by atoms with Crippen LogP contribution in [0.4, 0.5) is 5.69 Å². The van der Waals surface area contributed by atoms with Gasteiger partial charge in [0.1, 0.15) is 17.2 Å². The van der Waals surface area contributed by atoms with Gasteiger partial charge in [0.2, 0.25) is 0 Å². The molecule has 5 nitrogen and oxygen atoms in total. The van der Waals surface area contributed by atoms with Crippen molar-refractivity contribution in [3.05, 3.63) is 52.4 Å². The van der Waals surface area contributed by atoms with Crippen molar-refractivity contribution >= 4 is 5.69 Å². The van der Waals surface area contributed by atoms with Crippen molar-refractivity contribution in [2.45, 2.75) is 12.8 Å². The molecular formula is C16H17NO4. The lowest BCUT2D eigenvalue weighted by Gasteiger charge is -2.16. The highest BCUT2D eigenvalue weighted by Gasteiger charge is 2.17. The van der Waals surface area contributed by atoms with Crippen LogP contribution in [0.3, 0.4) is 0 Å². The molecule has 0 aliphatic heterocycles. The number of hydrogen-bond donors (Lipinski definition) is 1. The first-order valence-corrected chi connectivity index (χ1v) is 6.49. The Morgan fingerprint density at radius 2 is 1.76 bits per heavy atom. The molecule has 5 heteroatoms. The van der Waals surface area contributed by atoms with E-state index in [4.69, 9.17) is 9.47 Å². The zero-order valence-electron chi connectivity index (χ0n) is 12.2. The van der Waals surface area contributed by atoms with Gasteiger partial charge in [0.25, 0.3) is 0 Å². The van der Waals surface area contributed by atoms with E-state index < -0.39 is 0 Å². The van der Waals surface area contributed by atoms with E-state index in [1.165, 1.54) is 13.2 Å². The molecule has 0 spiro atoms. The number of benzene rings is 2. The molecule has 0 fully saturated rings. The number of hydrogen-bond acceptors (Lipinski definition) is 5. The van der Waals surface area contributed by atoms with Crippen molar-refractivity contribution < 1.29 is 14.6 Å². The summed E-state index contributed by atoms with van der Waals surface area (Å²) in [6.45, 7) is 1.94. The fraction of sp³-hybridized carbons (Fsp3) is 0.250. The first-order chi connectivity index (χ1) is 10.1. The molecule has 1 N–H and O–H groups in total. The number of nitrogens with zero attached hydrogens (tertiary/aromatic N) is 1. The Labute approximate surface area is 123 Å². The van der Waals surface area contributed by atoms with Crippen molar-refractivity contribution in [3.63, 3.8) is 0 Å². The second kappa shape index (κ2) is 6.26. The maximum absolute atomic E-state index is 10.9. The van der Waals surface area contributed by atoms with Crippen molar-refractivity contribution in [2.24, 2.45) is 5.18 Å². The number of rotatable bonds is 5. The van der Waals surface area contributed by atoms with E-state index in [0.29, 0.717) is 5.56 Å². The minimum Gasteiger partial charge on any atom is -0.508 e. The van der Waals surface area contributed by atoms with Crippen molar-refractivity contribution in [1.29, 1.82) is 0 Å². The Morgan fingerprint density at radius 1 is 1.10 bits per heavy atom. The second-order valence-corrected chi connectivity index (χ2v) is 4.67. The summed E-state index contributed by atoms with van der Waals surface area (Å²) in [4.78, 5) is 10.9. The SMILES string of the molecule is COc1ccc([C@@H](C)c2cc(N=O)c(OC)cc2O)cc1. The van der Waals surface area contributed by atoms with Crippen molar-refractivity contribution in [1.82, 2.24) is 0 Å². The van der Waals surface area contributed by atoms with E-state index >= 15 is 0 Å². The molecule has 0 aliphatic carbocycles. The molecule has 2 rings (SSSR count). The zero-order chi connectivity index (χ0) is 15.4. The van der Waals surface area contributed by atoms with E-state index in [1.54, 1.807) is 13.2 Å². The minimum absolute atomic E-state index is 0.0718. The van der Waals surface area contributed by atoms with Gasteiger partial charge in [-0.15, -0.1) is 4.91 Å². The molecule has 1 atom stereocenters. The third-order valence-electron chi connectivity index (χ3n) is 3.51. The highest BCUT2D eigenvalue weighted by atomic mass is 16.5. The Hall–Kier alpha value is -2.56. The molecule has 0 aromatic heterocycles. The monoisotopic (exact) mass is 287 g/mol. The quantitative estimate of drug-likeness (QED) is 0.845. The fourth-order valence-corrected chi connectivity index (χ4v) is 2.23. The molecule has 2 aromatic rings. The molecular weight excluding hydrogens is 270 g/mol. The van der Waals surface area contributed by atoms with Crippen molar-refractivity contribution in [3.8, 4) is 17.2 Å². The minimum atomic E-state index is -0.0951. The largest absolute Gasteiger partial charge is 0.508 e. The van der Waals surface area contributed by atoms with Crippen LogP contribution in [-0.2, 0) is 0 Å². The molecule has 0 radical (unpaired) electrons. The van der Waals surface area contributed by atoms with E-state index in [-0.39, 0.29) is 23.1 Å². The van der Waals surface area contributed by atoms with Crippen LogP contribution in [0, 0.1) is 4.91 Å². The van der Waals surface area contributed by atoms with Gasteiger partial charge in [-0.05, 0) is 28.9 Å². The lowest BCUT2D eigenvalue weighted by atomic mass is 9.92. The topological polar surface area (TPSA) is 68.1 Å². The van der Waals surface area contributed by atoms with E-state index in [2.05, 4.69) is 5.18 Å². The molecule has 0 amide bonds. The normalized spacial score (nSPS) is 11.8. The number of ether oxygens (including phenoxy) is 2. The molecule has 0 unspecified atom stereocenters. The van der Waals surface area contributed by atoms with Crippen LogP contribution < -0.4 is 9.47 Å². The van der Waals surface area contributed by atoms with E-state index in [1.807, 2.05) is 31.2 Å². The molecule has 0 bridgehead atoms. The summed E-state index contributed by atoms with van der Waals surface area (Å²) in [5.74, 6) is 0.998. The second-order valence-electron chi connectivity index (χ2n) is 4.67. The number of methoxy groups -OCH3 is 2. The van der Waals surface area contributed by atoms with Gasteiger partial charge in [-0.3, -0.25) is 0 Å². The molecule has 0 saturated heterocycles. The fourth-order valence-electron chi connectivity index (χ4n) is 2.23. The van der Waals surface area contributed by atoms with Crippen LogP contribution in [0.5, 0.6) is 17.2 Å². The number of phenols is 1.